The van der Waals surface area contributed by atoms with Crippen LogP contribution < -0.4 is 10.1 Å². The number of amides is 1. The highest BCUT2D eigenvalue weighted by atomic mass is 16.5. The maximum absolute atomic E-state index is 11.9. The zero-order chi connectivity index (χ0) is 16.8. The molecule has 1 aliphatic rings. The van der Waals surface area contributed by atoms with Crippen molar-refractivity contribution in [2.75, 3.05) is 13.2 Å². The van der Waals surface area contributed by atoms with E-state index in [-0.39, 0.29) is 12.5 Å². The topological polar surface area (TPSA) is 90.1 Å². The smallest absolute Gasteiger partial charge is 0.257 e. The van der Waals surface area contributed by atoms with Crippen molar-refractivity contribution < 1.29 is 14.1 Å². The quantitative estimate of drug-likeness (QED) is 0.778. The number of hydrogen-bond donors (Lipinski definition) is 1. The van der Waals surface area contributed by atoms with E-state index in [4.69, 9.17) is 9.26 Å². The molecule has 2 aromatic heterocycles. The predicted molar refractivity (Wildman–Crippen MR) is 86.7 cm³/mol. The van der Waals surface area contributed by atoms with Gasteiger partial charge in [-0.1, -0.05) is 5.16 Å². The first kappa shape index (κ1) is 16.4. The molecule has 2 aromatic rings. The van der Waals surface area contributed by atoms with E-state index in [1.54, 1.807) is 13.1 Å². The van der Waals surface area contributed by atoms with Gasteiger partial charge in [-0.05, 0) is 45.1 Å². The molecule has 0 atom stereocenters. The first-order valence-electron chi connectivity index (χ1n) is 8.38. The second kappa shape index (κ2) is 7.90. The van der Waals surface area contributed by atoms with Gasteiger partial charge < -0.3 is 14.6 Å². The third kappa shape index (κ3) is 4.31. The summed E-state index contributed by atoms with van der Waals surface area (Å²) in [6.07, 6.45) is 7.44. The van der Waals surface area contributed by atoms with Crippen LogP contribution in [0.2, 0.25) is 0 Å². The van der Waals surface area contributed by atoms with Gasteiger partial charge in [0.1, 0.15) is 5.75 Å². The second-order valence-electron chi connectivity index (χ2n) is 5.92. The van der Waals surface area contributed by atoms with Crippen LogP contribution in [-0.4, -0.2) is 34.2 Å². The van der Waals surface area contributed by atoms with Gasteiger partial charge in [0.2, 0.25) is 5.89 Å². The van der Waals surface area contributed by atoms with Gasteiger partial charge >= 0.3 is 0 Å². The van der Waals surface area contributed by atoms with Crippen molar-refractivity contribution in [1.82, 2.24) is 20.4 Å². The molecule has 1 amide bonds. The van der Waals surface area contributed by atoms with Crippen LogP contribution in [0.15, 0.2) is 16.8 Å². The molecule has 128 valence electrons. The molecule has 0 aliphatic heterocycles. The van der Waals surface area contributed by atoms with Crippen LogP contribution in [0.25, 0.3) is 0 Å². The zero-order valence-electron chi connectivity index (χ0n) is 13.9. The number of carbonyl (C=O) groups excluding carboxylic acids is 1. The molecule has 0 radical (unpaired) electrons. The summed E-state index contributed by atoms with van der Waals surface area (Å²) in [6.45, 7) is 2.36. The monoisotopic (exact) mass is 330 g/mol. The van der Waals surface area contributed by atoms with E-state index in [0.717, 1.165) is 42.7 Å². The molecular weight excluding hydrogens is 308 g/mol. The van der Waals surface area contributed by atoms with Crippen LogP contribution in [0.1, 0.15) is 42.2 Å². The van der Waals surface area contributed by atoms with Crippen LogP contribution in [-0.2, 0) is 24.1 Å². The Kier molecular flexibility index (Phi) is 5.40. The number of fused-ring (bicyclic) bond motifs is 1. The predicted octanol–water partition coefficient (Wildman–Crippen LogP) is 1.78. The third-order valence-corrected chi connectivity index (χ3v) is 4.01. The minimum absolute atomic E-state index is 0.0239. The summed E-state index contributed by atoms with van der Waals surface area (Å²) in [6, 6.07) is 1.84. The van der Waals surface area contributed by atoms with Crippen molar-refractivity contribution in [1.29, 1.82) is 0 Å². The Morgan fingerprint density at radius 1 is 1.38 bits per heavy atom. The second-order valence-corrected chi connectivity index (χ2v) is 5.92. The summed E-state index contributed by atoms with van der Waals surface area (Å²) < 4.78 is 10.7. The fourth-order valence-corrected chi connectivity index (χ4v) is 2.83. The molecule has 7 heteroatoms. The molecule has 2 heterocycles. The lowest BCUT2D eigenvalue weighted by Crippen LogP contribution is -2.30. The van der Waals surface area contributed by atoms with E-state index in [0.29, 0.717) is 24.7 Å². The molecule has 0 aromatic carbocycles. The van der Waals surface area contributed by atoms with E-state index in [9.17, 15) is 4.79 Å². The van der Waals surface area contributed by atoms with E-state index in [1.807, 2.05) is 6.07 Å². The van der Waals surface area contributed by atoms with Crippen molar-refractivity contribution in [3.05, 3.63) is 35.2 Å². The van der Waals surface area contributed by atoms with Gasteiger partial charge in [0.05, 0.1) is 0 Å². The average molecular weight is 330 g/mol. The first-order valence-corrected chi connectivity index (χ1v) is 8.38. The first-order chi connectivity index (χ1) is 11.7. The normalized spacial score (nSPS) is 13.4. The van der Waals surface area contributed by atoms with Gasteiger partial charge in [-0.15, -0.1) is 0 Å². The molecule has 1 N–H and O–H groups in total. The lowest BCUT2D eigenvalue weighted by molar-refractivity contribution is -0.123. The molecule has 0 spiro atoms. The molecule has 3 rings (SSSR count). The molecule has 1 aliphatic carbocycles. The average Bonchev–Trinajstić information content (AvgIpc) is 3.02. The summed E-state index contributed by atoms with van der Waals surface area (Å²) in [5.41, 5.74) is 2.26. The Hall–Kier alpha value is -2.44. The van der Waals surface area contributed by atoms with Crippen molar-refractivity contribution in [2.24, 2.45) is 0 Å². The van der Waals surface area contributed by atoms with Gasteiger partial charge in [-0.2, -0.15) is 4.98 Å². The molecule has 0 fully saturated rings. The highest BCUT2D eigenvalue weighted by Gasteiger charge is 2.15. The fourth-order valence-electron chi connectivity index (χ4n) is 2.83. The number of aromatic nitrogens is 3. The molecule has 24 heavy (non-hydrogen) atoms. The summed E-state index contributed by atoms with van der Waals surface area (Å²) in [5, 5.41) is 6.57. The molecule has 0 saturated carbocycles. The van der Waals surface area contributed by atoms with Crippen LogP contribution in [0.5, 0.6) is 5.75 Å². The number of nitrogens with one attached hydrogen (secondary N) is 1. The molecule has 0 bridgehead atoms. The molecule has 0 saturated heterocycles. The number of ether oxygens (including phenoxy) is 1. The summed E-state index contributed by atoms with van der Waals surface area (Å²) in [7, 11) is 0. The van der Waals surface area contributed by atoms with Crippen LogP contribution >= 0.6 is 0 Å². The minimum atomic E-state index is -0.127. The standard InChI is InChI=1S/C17H22N4O3/c1-12-20-17(24-21-12)7-4-9-19-16(22)11-23-15-8-10-18-14-6-3-2-5-13(14)15/h8,10H,2-7,9,11H2,1H3,(H,19,22). The number of carbonyl (C=O) groups is 1. The van der Waals surface area contributed by atoms with Gasteiger partial charge in [-0.3, -0.25) is 9.78 Å². The van der Waals surface area contributed by atoms with Crippen molar-refractivity contribution in [3.63, 3.8) is 0 Å². The van der Waals surface area contributed by atoms with Crippen molar-refractivity contribution in [2.45, 2.75) is 45.4 Å². The highest BCUT2D eigenvalue weighted by Crippen LogP contribution is 2.27. The SMILES string of the molecule is Cc1noc(CCCNC(=O)COc2ccnc3c2CCCC3)n1. The minimum Gasteiger partial charge on any atom is -0.483 e. The Balaban J connectivity index is 1.40. The summed E-state index contributed by atoms with van der Waals surface area (Å²) in [5.74, 6) is 1.89. The highest BCUT2D eigenvalue weighted by molar-refractivity contribution is 5.77. The van der Waals surface area contributed by atoms with E-state index < -0.39 is 0 Å². The number of rotatable bonds is 7. The fraction of sp³-hybridized carbons (Fsp3) is 0.529. The Bertz CT molecular complexity index is 699. The Morgan fingerprint density at radius 3 is 3.08 bits per heavy atom. The molecule has 7 nitrogen and oxygen atoms in total. The van der Waals surface area contributed by atoms with Gasteiger partial charge in [0.25, 0.3) is 5.91 Å². The maximum Gasteiger partial charge on any atom is 0.257 e. The Morgan fingerprint density at radius 2 is 2.25 bits per heavy atom. The van der Waals surface area contributed by atoms with Crippen molar-refractivity contribution in [3.8, 4) is 5.75 Å². The maximum atomic E-state index is 11.9. The van der Waals surface area contributed by atoms with Crippen LogP contribution in [0.3, 0.4) is 0 Å². The van der Waals surface area contributed by atoms with Gasteiger partial charge in [0.15, 0.2) is 12.4 Å². The van der Waals surface area contributed by atoms with E-state index in [2.05, 4.69) is 20.4 Å². The lowest BCUT2D eigenvalue weighted by atomic mass is 9.95. The third-order valence-electron chi connectivity index (χ3n) is 4.01. The van der Waals surface area contributed by atoms with Gasteiger partial charge in [-0.25, -0.2) is 0 Å². The van der Waals surface area contributed by atoms with E-state index in [1.165, 1.54) is 6.42 Å². The largest absolute Gasteiger partial charge is 0.483 e. The summed E-state index contributed by atoms with van der Waals surface area (Å²) in [4.78, 5) is 20.4. The van der Waals surface area contributed by atoms with E-state index >= 15 is 0 Å². The molecule has 0 unspecified atom stereocenters. The number of pyridine rings is 1. The van der Waals surface area contributed by atoms with Crippen LogP contribution in [0, 0.1) is 6.92 Å². The number of aryl methyl sites for hydroxylation is 3. The van der Waals surface area contributed by atoms with Gasteiger partial charge in [0, 0.05) is 30.4 Å². The number of hydrogen-bond acceptors (Lipinski definition) is 6. The number of nitrogens with zero attached hydrogens (tertiary/aromatic N) is 3. The molecular formula is C17H22N4O3. The van der Waals surface area contributed by atoms with Crippen molar-refractivity contribution >= 4 is 5.91 Å². The lowest BCUT2D eigenvalue weighted by Gasteiger charge is -2.18. The zero-order valence-corrected chi connectivity index (χ0v) is 13.9. The summed E-state index contributed by atoms with van der Waals surface area (Å²) >= 11 is 0. The Labute approximate surface area is 140 Å². The van der Waals surface area contributed by atoms with Crippen LogP contribution in [0.4, 0.5) is 0 Å².